The molecule has 0 unspecified atom stereocenters. The van der Waals surface area contributed by atoms with Gasteiger partial charge < -0.3 is 10.1 Å². The molecular weight excluding hydrogens is 557 g/mol. The van der Waals surface area contributed by atoms with E-state index in [0.717, 1.165) is 21.8 Å². The van der Waals surface area contributed by atoms with Gasteiger partial charge in [0.2, 0.25) is 0 Å². The van der Waals surface area contributed by atoms with Crippen LogP contribution in [0.5, 0.6) is 5.75 Å². The molecule has 0 spiro atoms. The molecule has 0 atom stereocenters. The average molecular weight is 578 g/mol. The summed E-state index contributed by atoms with van der Waals surface area (Å²) in [6.07, 6.45) is 2.00. The van der Waals surface area contributed by atoms with E-state index in [1.54, 1.807) is 24.3 Å². The maximum absolute atomic E-state index is 11.7. The maximum Gasteiger partial charge on any atom is 0.311 e. The third-order valence-corrected chi connectivity index (χ3v) is 7.05. The van der Waals surface area contributed by atoms with E-state index in [2.05, 4.69) is 16.4 Å². The number of nitrogens with zero attached hydrogens (tertiary/aromatic N) is 4. The van der Waals surface area contributed by atoms with Crippen molar-refractivity contribution in [2.45, 2.75) is 13.3 Å². The molecule has 0 saturated carbocycles. The summed E-state index contributed by atoms with van der Waals surface area (Å²) in [5.41, 5.74) is 4.42. The van der Waals surface area contributed by atoms with Gasteiger partial charge >= 0.3 is 5.69 Å². The summed E-state index contributed by atoms with van der Waals surface area (Å²) >= 11 is 8.21. The van der Waals surface area contributed by atoms with Crippen molar-refractivity contribution in [1.82, 2.24) is 9.97 Å². The number of pyridine rings is 1. The summed E-state index contributed by atoms with van der Waals surface area (Å²) in [6.45, 7) is 2.02. The van der Waals surface area contributed by atoms with Gasteiger partial charge in [0.15, 0.2) is 5.75 Å². The second kappa shape index (κ2) is 12.1. The molecule has 5 rings (SSSR count). The Hall–Kier alpha value is -4.23. The van der Waals surface area contributed by atoms with Gasteiger partial charge in [0.05, 0.1) is 39.0 Å². The van der Waals surface area contributed by atoms with Crippen molar-refractivity contribution in [2.24, 2.45) is 0 Å². The van der Waals surface area contributed by atoms with Gasteiger partial charge in [-0.15, -0.1) is 23.7 Å². The van der Waals surface area contributed by atoms with E-state index >= 15 is 0 Å². The second-order valence-corrected chi connectivity index (χ2v) is 9.64. The van der Waals surface area contributed by atoms with Crippen molar-refractivity contribution in [3.63, 3.8) is 0 Å². The SMILES string of the molecule is CCOc1cc2ncc(C#N)c(Nc3ccc(Cc4nc(-c5ccccc5)cs4)c(Cl)c3)c2cc1[N+](=O)[O-].Cl. The van der Waals surface area contributed by atoms with Gasteiger partial charge in [-0.3, -0.25) is 15.1 Å². The smallest absolute Gasteiger partial charge is 0.311 e. The largest absolute Gasteiger partial charge is 0.487 e. The highest BCUT2D eigenvalue weighted by Crippen LogP contribution is 2.37. The van der Waals surface area contributed by atoms with E-state index < -0.39 is 4.92 Å². The molecule has 2 heterocycles. The van der Waals surface area contributed by atoms with Crippen LogP contribution in [-0.4, -0.2) is 21.5 Å². The minimum Gasteiger partial charge on any atom is -0.487 e. The molecule has 0 saturated heterocycles. The molecule has 2 aromatic heterocycles. The van der Waals surface area contributed by atoms with E-state index in [0.29, 0.717) is 33.7 Å². The topological polar surface area (TPSA) is 114 Å². The lowest BCUT2D eigenvalue weighted by Gasteiger charge is -2.14. The lowest BCUT2D eigenvalue weighted by molar-refractivity contribution is -0.385. The molecule has 0 amide bonds. The van der Waals surface area contributed by atoms with Crippen molar-refractivity contribution in [3.8, 4) is 23.1 Å². The summed E-state index contributed by atoms with van der Waals surface area (Å²) in [7, 11) is 0. The number of ether oxygens (including phenoxy) is 1. The van der Waals surface area contributed by atoms with Crippen LogP contribution in [0.15, 0.2) is 72.2 Å². The second-order valence-electron chi connectivity index (χ2n) is 8.29. The van der Waals surface area contributed by atoms with Gasteiger partial charge in [-0.2, -0.15) is 5.26 Å². The van der Waals surface area contributed by atoms with Crippen molar-refractivity contribution in [2.75, 3.05) is 11.9 Å². The third-order valence-electron chi connectivity index (χ3n) is 5.85. The van der Waals surface area contributed by atoms with Crippen LogP contribution in [0.25, 0.3) is 22.2 Å². The number of nitro benzene ring substituents is 1. The van der Waals surface area contributed by atoms with Crippen LogP contribution in [-0.2, 0) is 6.42 Å². The van der Waals surface area contributed by atoms with E-state index in [1.807, 2.05) is 47.8 Å². The quantitative estimate of drug-likeness (QED) is 0.147. The first-order valence-corrected chi connectivity index (χ1v) is 12.9. The molecule has 0 radical (unpaired) electrons. The van der Waals surface area contributed by atoms with Crippen LogP contribution in [0.2, 0.25) is 5.02 Å². The highest BCUT2D eigenvalue weighted by Gasteiger charge is 2.20. The van der Waals surface area contributed by atoms with Crippen LogP contribution in [0.3, 0.4) is 0 Å². The van der Waals surface area contributed by atoms with Crippen LogP contribution in [0, 0.1) is 21.4 Å². The van der Waals surface area contributed by atoms with Gasteiger partial charge in [0.25, 0.3) is 0 Å². The van der Waals surface area contributed by atoms with Gasteiger partial charge in [-0.1, -0.05) is 48.0 Å². The predicted octanol–water partition coefficient (Wildman–Crippen LogP) is 7.95. The molecule has 0 aliphatic rings. The minimum atomic E-state index is -0.513. The zero-order valence-electron chi connectivity index (χ0n) is 20.6. The van der Waals surface area contributed by atoms with E-state index in [-0.39, 0.29) is 36.0 Å². The molecule has 8 nitrogen and oxygen atoms in total. The maximum atomic E-state index is 11.7. The third kappa shape index (κ3) is 5.94. The van der Waals surface area contributed by atoms with E-state index in [9.17, 15) is 15.4 Å². The number of nitro groups is 1. The standard InChI is InChI=1S/C28H20ClN5O3S.ClH/c1-2-37-26-13-23-21(12-25(26)34(35)36)28(19(14-30)15-31-23)32-20-9-8-18(22(29)11-20)10-27-33-24(16-38-27)17-6-4-3-5-7-17;/h3-9,11-13,15-16H,2,10H2,1H3,(H,31,32);1H. The minimum absolute atomic E-state index is 0. The number of nitriles is 1. The number of nitrogens with one attached hydrogen (secondary N) is 1. The van der Waals surface area contributed by atoms with Gasteiger partial charge in [0, 0.05) is 51.8 Å². The Kier molecular flexibility index (Phi) is 8.62. The lowest BCUT2D eigenvalue weighted by atomic mass is 10.1. The number of halogens is 2. The van der Waals surface area contributed by atoms with E-state index in [4.69, 9.17) is 21.3 Å². The molecule has 11 heteroatoms. The molecule has 0 bridgehead atoms. The lowest BCUT2D eigenvalue weighted by Crippen LogP contribution is -2.01. The monoisotopic (exact) mass is 577 g/mol. The predicted molar refractivity (Wildman–Crippen MR) is 157 cm³/mol. The number of aromatic nitrogens is 2. The van der Waals surface area contributed by atoms with Crippen molar-refractivity contribution < 1.29 is 9.66 Å². The Morgan fingerprint density at radius 2 is 1.97 bits per heavy atom. The molecule has 5 aromatic rings. The molecule has 0 aliphatic carbocycles. The van der Waals surface area contributed by atoms with Gasteiger partial charge in [-0.25, -0.2) is 4.98 Å². The molecule has 0 aliphatic heterocycles. The zero-order chi connectivity index (χ0) is 26.6. The van der Waals surface area contributed by atoms with Crippen molar-refractivity contribution >= 4 is 63.3 Å². The number of benzene rings is 3. The number of fused-ring (bicyclic) bond motifs is 1. The van der Waals surface area contributed by atoms with Crippen LogP contribution < -0.4 is 10.1 Å². The molecule has 1 N–H and O–H groups in total. The van der Waals surface area contributed by atoms with Crippen LogP contribution in [0.1, 0.15) is 23.1 Å². The fourth-order valence-electron chi connectivity index (χ4n) is 4.05. The molecule has 3 aromatic carbocycles. The first-order chi connectivity index (χ1) is 18.5. The summed E-state index contributed by atoms with van der Waals surface area (Å²) in [5, 5.41) is 28.5. The number of rotatable bonds is 8. The molecule has 196 valence electrons. The molecule has 0 fully saturated rings. The average Bonchev–Trinajstić information content (AvgIpc) is 3.39. The summed E-state index contributed by atoms with van der Waals surface area (Å²) in [6, 6.07) is 20.5. The fraction of sp³-hybridized carbons (Fsp3) is 0.107. The number of hydrogen-bond donors (Lipinski definition) is 1. The summed E-state index contributed by atoms with van der Waals surface area (Å²) < 4.78 is 5.44. The van der Waals surface area contributed by atoms with Crippen molar-refractivity contribution in [1.29, 1.82) is 5.26 Å². The highest BCUT2D eigenvalue weighted by atomic mass is 35.5. The van der Waals surface area contributed by atoms with Crippen LogP contribution in [0.4, 0.5) is 17.1 Å². The zero-order valence-corrected chi connectivity index (χ0v) is 22.9. The van der Waals surface area contributed by atoms with Crippen molar-refractivity contribution in [3.05, 3.63) is 104 Å². The van der Waals surface area contributed by atoms with E-state index in [1.165, 1.54) is 18.3 Å². The molecule has 39 heavy (non-hydrogen) atoms. The normalized spacial score (nSPS) is 10.5. The van der Waals surface area contributed by atoms with Gasteiger partial charge in [0.1, 0.15) is 6.07 Å². The van der Waals surface area contributed by atoms with Crippen LogP contribution >= 0.6 is 35.3 Å². The number of anilines is 2. The number of thiazole rings is 1. The Morgan fingerprint density at radius 3 is 2.67 bits per heavy atom. The first kappa shape index (κ1) is 27.8. The summed E-state index contributed by atoms with van der Waals surface area (Å²) in [5.74, 6) is 0.123. The fourth-order valence-corrected chi connectivity index (χ4v) is 5.12. The Labute approximate surface area is 239 Å². The Bertz CT molecular complexity index is 1700. The number of hydrogen-bond acceptors (Lipinski definition) is 8. The summed E-state index contributed by atoms with van der Waals surface area (Å²) in [4.78, 5) is 20.2. The highest BCUT2D eigenvalue weighted by molar-refractivity contribution is 7.10. The molecular formula is C28H21Cl2N5O3S. The first-order valence-electron chi connectivity index (χ1n) is 11.7. The van der Waals surface area contributed by atoms with Gasteiger partial charge in [-0.05, 0) is 24.6 Å². The Morgan fingerprint density at radius 1 is 1.18 bits per heavy atom. The Balaban J connectivity index is 0.00000353.